The van der Waals surface area contributed by atoms with Crippen LogP contribution in [0.3, 0.4) is 0 Å². The Bertz CT molecular complexity index is 3990. The Hall–Kier alpha value is -8.20. The Labute approximate surface area is 357 Å². The van der Waals surface area contributed by atoms with Crippen molar-refractivity contribution in [1.29, 1.82) is 0 Å². The SMILES string of the molecule is c1ccc2c(c1)-c1ccc(-n3c4ccccc4c4cc(-n5c6ccccc6c6ccccc65)ccc43)cc1-c1ccccc1-c1cc3c4ccccc4c4ccccc4c3cc1-2. The summed E-state index contributed by atoms with van der Waals surface area (Å²) in [7, 11) is 0. The van der Waals surface area contributed by atoms with E-state index in [-0.39, 0.29) is 0 Å². The van der Waals surface area contributed by atoms with E-state index in [1.54, 1.807) is 0 Å². The van der Waals surface area contributed by atoms with Gasteiger partial charge in [0.15, 0.2) is 0 Å². The molecule has 2 heterocycles. The van der Waals surface area contributed by atoms with Crippen LogP contribution in [0.15, 0.2) is 218 Å². The number of para-hydroxylation sites is 3. The van der Waals surface area contributed by atoms with Gasteiger partial charge >= 0.3 is 0 Å². The molecule has 0 aliphatic heterocycles. The first-order valence-electron chi connectivity index (χ1n) is 21.5. The van der Waals surface area contributed by atoms with Gasteiger partial charge in [0.2, 0.25) is 0 Å². The van der Waals surface area contributed by atoms with Gasteiger partial charge < -0.3 is 9.13 Å². The smallest absolute Gasteiger partial charge is 0.0542 e. The van der Waals surface area contributed by atoms with Gasteiger partial charge in [0.1, 0.15) is 0 Å². The highest BCUT2D eigenvalue weighted by molar-refractivity contribution is 6.27. The lowest BCUT2D eigenvalue weighted by Crippen LogP contribution is -2.00. The van der Waals surface area contributed by atoms with Crippen molar-refractivity contribution in [3.63, 3.8) is 0 Å². The number of fused-ring (bicyclic) bond motifs is 20. The molecule has 0 spiro atoms. The summed E-state index contributed by atoms with van der Waals surface area (Å²) in [5.41, 5.74) is 17.1. The normalized spacial score (nSPS) is 12.2. The fraction of sp³-hybridized carbons (Fsp3) is 0. The summed E-state index contributed by atoms with van der Waals surface area (Å²) in [5, 5.41) is 12.7. The van der Waals surface area contributed by atoms with E-state index < -0.39 is 0 Å². The average molecular weight is 785 g/mol. The number of hydrogen-bond donors (Lipinski definition) is 0. The fourth-order valence-electron chi connectivity index (χ4n) is 11.0. The van der Waals surface area contributed by atoms with Crippen molar-refractivity contribution in [2.75, 3.05) is 0 Å². The van der Waals surface area contributed by atoms with Gasteiger partial charge in [0, 0.05) is 32.9 Å². The number of benzene rings is 11. The second-order valence-electron chi connectivity index (χ2n) is 16.8. The molecule has 2 heteroatoms. The van der Waals surface area contributed by atoms with E-state index in [1.807, 2.05) is 0 Å². The molecule has 0 fully saturated rings. The molecule has 0 N–H and O–H groups in total. The van der Waals surface area contributed by atoms with Gasteiger partial charge in [-0.05, 0) is 137 Å². The van der Waals surface area contributed by atoms with Crippen LogP contribution in [0.1, 0.15) is 0 Å². The van der Waals surface area contributed by atoms with Crippen LogP contribution in [-0.4, -0.2) is 9.13 Å². The molecule has 286 valence electrons. The molecule has 0 atom stereocenters. The van der Waals surface area contributed by atoms with Crippen LogP contribution in [0.4, 0.5) is 0 Å². The van der Waals surface area contributed by atoms with Gasteiger partial charge in [-0.1, -0.05) is 158 Å². The van der Waals surface area contributed by atoms with Crippen molar-refractivity contribution in [1.82, 2.24) is 9.13 Å². The molecule has 1 aliphatic rings. The molecule has 14 rings (SSSR count). The summed E-state index contributed by atoms with van der Waals surface area (Å²) in [4.78, 5) is 0. The molecule has 13 aromatic rings. The van der Waals surface area contributed by atoms with Crippen molar-refractivity contribution in [2.24, 2.45) is 0 Å². The Kier molecular flexibility index (Phi) is 6.86. The van der Waals surface area contributed by atoms with E-state index in [9.17, 15) is 0 Å². The third kappa shape index (κ3) is 4.58. The number of hydrogen-bond acceptors (Lipinski definition) is 0. The highest BCUT2D eigenvalue weighted by Crippen LogP contribution is 2.51. The largest absolute Gasteiger partial charge is 0.309 e. The molecule has 0 unspecified atom stereocenters. The molecule has 0 bridgehead atoms. The molecular formula is C60H36N2. The Morgan fingerprint density at radius 2 is 0.484 bits per heavy atom. The maximum atomic E-state index is 2.48. The fourth-order valence-corrected chi connectivity index (χ4v) is 11.0. The van der Waals surface area contributed by atoms with Crippen LogP contribution >= 0.6 is 0 Å². The monoisotopic (exact) mass is 784 g/mol. The van der Waals surface area contributed by atoms with Crippen LogP contribution in [0.25, 0.3) is 132 Å². The van der Waals surface area contributed by atoms with E-state index in [0.29, 0.717) is 0 Å². The maximum absolute atomic E-state index is 2.48. The zero-order chi connectivity index (χ0) is 40.5. The van der Waals surface area contributed by atoms with E-state index >= 15 is 0 Å². The first-order chi connectivity index (χ1) is 30.8. The van der Waals surface area contributed by atoms with E-state index in [4.69, 9.17) is 0 Å². The molecule has 62 heavy (non-hydrogen) atoms. The minimum absolute atomic E-state index is 1.14. The molecule has 0 radical (unpaired) electrons. The van der Waals surface area contributed by atoms with E-state index in [1.165, 1.54) is 120 Å². The minimum atomic E-state index is 1.14. The van der Waals surface area contributed by atoms with Gasteiger partial charge in [-0.2, -0.15) is 0 Å². The van der Waals surface area contributed by atoms with Crippen LogP contribution in [0, 0.1) is 0 Å². The van der Waals surface area contributed by atoms with Gasteiger partial charge in [-0.25, -0.2) is 0 Å². The third-order valence-electron chi connectivity index (χ3n) is 13.7. The summed E-state index contributed by atoms with van der Waals surface area (Å²) >= 11 is 0. The lowest BCUT2D eigenvalue weighted by Gasteiger charge is -2.25. The minimum Gasteiger partial charge on any atom is -0.309 e. The van der Waals surface area contributed by atoms with E-state index in [2.05, 4.69) is 228 Å². The second kappa shape index (κ2) is 12.7. The summed E-state index contributed by atoms with van der Waals surface area (Å²) in [6, 6.07) is 81.3. The molecule has 0 saturated heterocycles. The van der Waals surface area contributed by atoms with Gasteiger partial charge in [0.25, 0.3) is 0 Å². The zero-order valence-electron chi connectivity index (χ0n) is 33.7. The average Bonchev–Trinajstić information content (AvgIpc) is 3.86. The molecule has 0 saturated carbocycles. The predicted octanol–water partition coefficient (Wildman–Crippen LogP) is 16.3. The molecule has 1 aliphatic carbocycles. The van der Waals surface area contributed by atoms with Crippen molar-refractivity contribution < 1.29 is 0 Å². The number of rotatable bonds is 2. The standard InChI is InChI=1S/C60H36N2/c1-4-18-42-39(15-1)40-16-2-5-19-43(40)53-36-55-46-22-8-7-21-45(46)51-33-37(29-31-47(51)41-17-3-6-20-44(41)54(55)35-52(42)53)62-59-28-14-11-25-50(59)56-34-38(30-32-60(56)62)61-57-26-12-9-23-48(57)49-24-10-13-27-58(49)61/h1-36H. The summed E-state index contributed by atoms with van der Waals surface area (Å²) in [6.07, 6.45) is 0. The van der Waals surface area contributed by atoms with Crippen molar-refractivity contribution in [2.45, 2.75) is 0 Å². The summed E-state index contributed by atoms with van der Waals surface area (Å²) in [6.45, 7) is 0. The number of nitrogens with zero attached hydrogens (tertiary/aromatic N) is 2. The molecule has 2 nitrogen and oxygen atoms in total. The van der Waals surface area contributed by atoms with Gasteiger partial charge in [-0.15, -0.1) is 0 Å². The number of aromatic nitrogens is 2. The first kappa shape index (κ1) is 33.6. The predicted molar refractivity (Wildman–Crippen MR) is 263 cm³/mol. The van der Waals surface area contributed by atoms with Crippen LogP contribution in [-0.2, 0) is 0 Å². The van der Waals surface area contributed by atoms with Crippen LogP contribution in [0.5, 0.6) is 0 Å². The topological polar surface area (TPSA) is 9.86 Å². The van der Waals surface area contributed by atoms with Crippen LogP contribution in [0.2, 0.25) is 0 Å². The van der Waals surface area contributed by atoms with Gasteiger partial charge in [-0.3, -0.25) is 0 Å². The highest BCUT2D eigenvalue weighted by atomic mass is 15.0. The third-order valence-corrected chi connectivity index (χ3v) is 13.7. The van der Waals surface area contributed by atoms with Crippen LogP contribution < -0.4 is 0 Å². The Morgan fingerprint density at radius 1 is 0.177 bits per heavy atom. The maximum Gasteiger partial charge on any atom is 0.0542 e. The quantitative estimate of drug-likeness (QED) is 0.155. The van der Waals surface area contributed by atoms with Crippen molar-refractivity contribution >= 4 is 75.9 Å². The molecular weight excluding hydrogens is 749 g/mol. The van der Waals surface area contributed by atoms with E-state index in [0.717, 1.165) is 11.4 Å². The van der Waals surface area contributed by atoms with Crippen molar-refractivity contribution in [3.05, 3.63) is 218 Å². The molecule has 0 amide bonds. The Balaban J connectivity index is 1.02. The summed E-state index contributed by atoms with van der Waals surface area (Å²) in [5.74, 6) is 0. The lowest BCUT2D eigenvalue weighted by molar-refractivity contribution is 1.17. The molecule has 11 aromatic carbocycles. The zero-order valence-corrected chi connectivity index (χ0v) is 33.7. The second-order valence-corrected chi connectivity index (χ2v) is 16.8. The van der Waals surface area contributed by atoms with Crippen molar-refractivity contribution in [3.8, 4) is 55.9 Å². The first-order valence-corrected chi connectivity index (χ1v) is 21.5. The lowest BCUT2D eigenvalue weighted by atomic mass is 9.79. The summed E-state index contributed by atoms with van der Waals surface area (Å²) < 4.78 is 4.88. The molecule has 2 aromatic heterocycles. The van der Waals surface area contributed by atoms with Gasteiger partial charge in [0.05, 0.1) is 22.1 Å². The Morgan fingerprint density at radius 3 is 0.968 bits per heavy atom. The highest BCUT2D eigenvalue weighted by Gasteiger charge is 2.25.